The van der Waals surface area contributed by atoms with Crippen LogP contribution in [0.2, 0.25) is 5.02 Å². The molecule has 1 fully saturated rings. The molecule has 0 aromatic heterocycles. The number of hydrogen-bond donors (Lipinski definition) is 1. The molecule has 2 aromatic rings. The van der Waals surface area contributed by atoms with E-state index < -0.39 is 0 Å². The normalized spacial score (nSPS) is 18.8. The van der Waals surface area contributed by atoms with Gasteiger partial charge in [-0.3, -0.25) is 9.69 Å². The summed E-state index contributed by atoms with van der Waals surface area (Å²) in [5.41, 5.74) is 2.32. The van der Waals surface area contributed by atoms with E-state index in [1.807, 2.05) is 36.4 Å². The third-order valence-corrected chi connectivity index (χ3v) is 5.82. The highest BCUT2D eigenvalue weighted by Crippen LogP contribution is 2.25. The van der Waals surface area contributed by atoms with Gasteiger partial charge in [0.15, 0.2) is 0 Å². The van der Waals surface area contributed by atoms with Crippen molar-refractivity contribution < 1.29 is 4.79 Å². The van der Waals surface area contributed by atoms with Crippen molar-refractivity contribution in [3.63, 3.8) is 0 Å². The van der Waals surface area contributed by atoms with Crippen LogP contribution in [0.1, 0.15) is 50.3 Å². The molecule has 0 bridgehead atoms. The first-order valence-electron chi connectivity index (χ1n) is 10.3. The van der Waals surface area contributed by atoms with Gasteiger partial charge in [0.05, 0.1) is 12.0 Å². The van der Waals surface area contributed by atoms with Gasteiger partial charge in [-0.15, -0.1) is 0 Å². The van der Waals surface area contributed by atoms with Gasteiger partial charge in [0.1, 0.15) is 0 Å². The fraction of sp³-hybridized carbons (Fsp3) is 0.458. The van der Waals surface area contributed by atoms with E-state index in [-0.39, 0.29) is 17.9 Å². The van der Waals surface area contributed by atoms with Gasteiger partial charge in [0.2, 0.25) is 5.91 Å². The van der Waals surface area contributed by atoms with Crippen LogP contribution in [0.3, 0.4) is 0 Å². The van der Waals surface area contributed by atoms with Crippen molar-refractivity contribution in [1.29, 1.82) is 0 Å². The minimum atomic E-state index is 0.0367. The summed E-state index contributed by atoms with van der Waals surface area (Å²) in [7, 11) is 0. The molecule has 1 aliphatic heterocycles. The minimum absolute atomic E-state index is 0.0367. The van der Waals surface area contributed by atoms with E-state index in [2.05, 4.69) is 42.3 Å². The number of rotatable bonds is 7. The molecule has 2 aromatic carbocycles. The van der Waals surface area contributed by atoms with Gasteiger partial charge in [-0.1, -0.05) is 74.0 Å². The molecule has 28 heavy (non-hydrogen) atoms. The summed E-state index contributed by atoms with van der Waals surface area (Å²) in [6.07, 6.45) is 2.95. The summed E-state index contributed by atoms with van der Waals surface area (Å²) in [5, 5.41) is 4.14. The van der Waals surface area contributed by atoms with E-state index >= 15 is 0 Å². The van der Waals surface area contributed by atoms with Crippen LogP contribution >= 0.6 is 11.6 Å². The minimum Gasteiger partial charge on any atom is -0.349 e. The van der Waals surface area contributed by atoms with E-state index in [0.717, 1.165) is 49.5 Å². The van der Waals surface area contributed by atoms with E-state index in [9.17, 15) is 4.79 Å². The van der Waals surface area contributed by atoms with Crippen LogP contribution in [0.15, 0.2) is 54.6 Å². The predicted molar refractivity (Wildman–Crippen MR) is 116 cm³/mol. The van der Waals surface area contributed by atoms with Crippen LogP contribution in [-0.2, 0) is 11.3 Å². The fourth-order valence-corrected chi connectivity index (χ4v) is 4.20. The van der Waals surface area contributed by atoms with Gasteiger partial charge in [0, 0.05) is 18.1 Å². The molecule has 4 heteroatoms. The lowest BCUT2D eigenvalue weighted by atomic mass is 9.93. The SMILES string of the molecule is CC(C)C[C@H](NC(=O)[C@@H]1CCCN(Cc2ccccc2Cl)C1)c1ccccc1. The second kappa shape index (κ2) is 10.1. The Labute approximate surface area is 174 Å². The first-order valence-corrected chi connectivity index (χ1v) is 10.7. The fourth-order valence-electron chi connectivity index (χ4n) is 4.01. The third-order valence-electron chi connectivity index (χ3n) is 5.45. The Hall–Kier alpha value is -1.84. The Morgan fingerprint density at radius 2 is 1.86 bits per heavy atom. The van der Waals surface area contributed by atoms with E-state index in [1.54, 1.807) is 0 Å². The quantitative estimate of drug-likeness (QED) is 0.672. The smallest absolute Gasteiger partial charge is 0.224 e. The molecule has 0 saturated carbocycles. The summed E-state index contributed by atoms with van der Waals surface area (Å²) in [6, 6.07) is 18.4. The standard InChI is InChI=1S/C24H31ClN2O/c1-18(2)15-23(19-9-4-3-5-10-19)26-24(28)21-12-8-14-27(17-21)16-20-11-6-7-13-22(20)25/h3-7,9-11,13,18,21,23H,8,12,14-17H2,1-2H3,(H,26,28)/t21-,23+/m1/s1. The number of amides is 1. The Morgan fingerprint density at radius 1 is 1.14 bits per heavy atom. The highest BCUT2D eigenvalue weighted by molar-refractivity contribution is 6.31. The summed E-state index contributed by atoms with van der Waals surface area (Å²) in [4.78, 5) is 15.4. The average molecular weight is 399 g/mol. The second-order valence-corrected chi connectivity index (χ2v) is 8.67. The molecule has 0 spiro atoms. The molecule has 1 N–H and O–H groups in total. The van der Waals surface area contributed by atoms with Crippen LogP contribution in [0, 0.1) is 11.8 Å². The lowest BCUT2D eigenvalue weighted by Gasteiger charge is -2.33. The Kier molecular flexibility index (Phi) is 7.52. The van der Waals surface area contributed by atoms with E-state index in [4.69, 9.17) is 11.6 Å². The maximum atomic E-state index is 13.1. The molecule has 1 heterocycles. The Morgan fingerprint density at radius 3 is 2.57 bits per heavy atom. The van der Waals surface area contributed by atoms with E-state index in [0.29, 0.717) is 5.92 Å². The molecule has 0 aliphatic carbocycles. The van der Waals surface area contributed by atoms with Crippen molar-refractivity contribution in [2.24, 2.45) is 11.8 Å². The molecule has 0 radical (unpaired) electrons. The molecule has 3 rings (SSSR count). The second-order valence-electron chi connectivity index (χ2n) is 8.27. The number of benzene rings is 2. The number of likely N-dealkylation sites (tertiary alicyclic amines) is 1. The monoisotopic (exact) mass is 398 g/mol. The van der Waals surface area contributed by atoms with Crippen molar-refractivity contribution in [3.8, 4) is 0 Å². The van der Waals surface area contributed by atoms with Crippen molar-refractivity contribution in [2.75, 3.05) is 13.1 Å². The van der Waals surface area contributed by atoms with Gasteiger partial charge >= 0.3 is 0 Å². The molecular formula is C24H31ClN2O. The zero-order valence-electron chi connectivity index (χ0n) is 16.9. The van der Waals surface area contributed by atoms with Crippen LogP contribution in [0.4, 0.5) is 0 Å². The van der Waals surface area contributed by atoms with Crippen LogP contribution in [0.5, 0.6) is 0 Å². The number of hydrogen-bond acceptors (Lipinski definition) is 2. The summed E-state index contributed by atoms with van der Waals surface area (Å²) >= 11 is 6.32. The largest absolute Gasteiger partial charge is 0.349 e. The van der Waals surface area contributed by atoms with Gasteiger partial charge < -0.3 is 5.32 Å². The summed E-state index contributed by atoms with van der Waals surface area (Å²) in [5.74, 6) is 0.738. The predicted octanol–water partition coefficient (Wildman–Crippen LogP) is 5.46. The van der Waals surface area contributed by atoms with Crippen molar-refractivity contribution in [2.45, 2.75) is 45.7 Å². The number of carbonyl (C=O) groups is 1. The highest BCUT2D eigenvalue weighted by Gasteiger charge is 2.28. The van der Waals surface area contributed by atoms with Gasteiger partial charge in [-0.25, -0.2) is 0 Å². The van der Waals surface area contributed by atoms with Crippen molar-refractivity contribution in [1.82, 2.24) is 10.2 Å². The molecule has 2 atom stereocenters. The molecule has 1 amide bonds. The number of piperidine rings is 1. The van der Waals surface area contributed by atoms with Crippen molar-refractivity contribution in [3.05, 3.63) is 70.7 Å². The molecule has 150 valence electrons. The number of nitrogens with zero attached hydrogens (tertiary/aromatic N) is 1. The molecule has 1 aliphatic rings. The molecule has 0 unspecified atom stereocenters. The Balaban J connectivity index is 1.63. The Bertz CT molecular complexity index is 762. The lowest BCUT2D eigenvalue weighted by Crippen LogP contribution is -2.43. The molecule has 3 nitrogen and oxygen atoms in total. The first-order chi connectivity index (χ1) is 13.5. The number of nitrogens with one attached hydrogen (secondary N) is 1. The molecular weight excluding hydrogens is 368 g/mol. The number of carbonyl (C=O) groups excluding carboxylic acids is 1. The van der Waals surface area contributed by atoms with Gasteiger partial charge in [-0.2, -0.15) is 0 Å². The number of halogens is 1. The zero-order chi connectivity index (χ0) is 19.9. The summed E-state index contributed by atoms with van der Waals surface area (Å²) in [6.45, 7) is 7.02. The van der Waals surface area contributed by atoms with Crippen LogP contribution < -0.4 is 5.32 Å². The average Bonchev–Trinajstić information content (AvgIpc) is 2.70. The van der Waals surface area contributed by atoms with Crippen LogP contribution in [0.25, 0.3) is 0 Å². The zero-order valence-corrected chi connectivity index (χ0v) is 17.7. The lowest BCUT2D eigenvalue weighted by molar-refractivity contribution is -0.127. The first kappa shape index (κ1) is 20.9. The third kappa shape index (κ3) is 5.83. The highest BCUT2D eigenvalue weighted by atomic mass is 35.5. The topological polar surface area (TPSA) is 32.3 Å². The maximum absolute atomic E-state index is 13.1. The van der Waals surface area contributed by atoms with Gasteiger partial charge in [0.25, 0.3) is 0 Å². The maximum Gasteiger partial charge on any atom is 0.224 e. The summed E-state index contributed by atoms with van der Waals surface area (Å²) < 4.78 is 0. The molecule has 1 saturated heterocycles. The van der Waals surface area contributed by atoms with E-state index in [1.165, 1.54) is 5.56 Å². The van der Waals surface area contributed by atoms with Crippen molar-refractivity contribution >= 4 is 17.5 Å². The van der Waals surface area contributed by atoms with Gasteiger partial charge in [-0.05, 0) is 48.9 Å². The van der Waals surface area contributed by atoms with Crippen LogP contribution in [-0.4, -0.2) is 23.9 Å².